The predicted molar refractivity (Wildman–Crippen MR) is 82.5 cm³/mol. The highest BCUT2D eigenvalue weighted by Gasteiger charge is 2.18. The van der Waals surface area contributed by atoms with Crippen LogP contribution in [0.4, 0.5) is 10.1 Å². The Morgan fingerprint density at radius 1 is 1.38 bits per heavy atom. The summed E-state index contributed by atoms with van der Waals surface area (Å²) in [5.74, 6) is 0.191. The molecule has 0 bridgehead atoms. The van der Waals surface area contributed by atoms with Crippen molar-refractivity contribution in [2.24, 2.45) is 4.99 Å². The van der Waals surface area contributed by atoms with E-state index in [1.54, 1.807) is 23.5 Å². The topological polar surface area (TPSA) is 26.5 Å². The van der Waals surface area contributed by atoms with E-state index in [4.69, 9.17) is 16.3 Å². The van der Waals surface area contributed by atoms with Gasteiger partial charge in [-0.2, -0.15) is 0 Å². The first-order chi connectivity index (χ1) is 10.3. The fraction of sp³-hybridized carbons (Fsp3) is 0.400. The van der Waals surface area contributed by atoms with Crippen LogP contribution in [0.2, 0.25) is 0 Å². The Labute approximate surface area is 131 Å². The summed E-state index contributed by atoms with van der Waals surface area (Å²) in [6, 6.07) is 6.18. The number of hydrogen-bond acceptors (Lipinski definition) is 3. The van der Waals surface area contributed by atoms with Gasteiger partial charge in [-0.25, -0.2) is 9.38 Å². The maximum atomic E-state index is 13.0. The molecule has 0 aliphatic carbocycles. The average Bonchev–Trinajstić information content (AvgIpc) is 3.13. The summed E-state index contributed by atoms with van der Waals surface area (Å²) in [6.45, 7) is 1.60. The zero-order valence-electron chi connectivity index (χ0n) is 11.5. The molecular formula is C15H16ClFN2OS. The van der Waals surface area contributed by atoms with Crippen LogP contribution in [0.25, 0.3) is 0 Å². The Kier molecular flexibility index (Phi) is 4.73. The van der Waals surface area contributed by atoms with E-state index in [1.165, 1.54) is 12.1 Å². The third kappa shape index (κ3) is 3.54. The molecule has 0 spiro atoms. The Bertz CT molecular complexity index is 659. The maximum absolute atomic E-state index is 13.0. The van der Waals surface area contributed by atoms with Gasteiger partial charge in [-0.15, -0.1) is 22.9 Å². The Morgan fingerprint density at radius 3 is 2.86 bits per heavy atom. The fourth-order valence-corrected chi connectivity index (χ4v) is 3.62. The van der Waals surface area contributed by atoms with Gasteiger partial charge in [-0.3, -0.25) is 0 Å². The number of benzene rings is 1. The maximum Gasteiger partial charge on any atom is 0.190 e. The van der Waals surface area contributed by atoms with Crippen molar-refractivity contribution in [1.29, 1.82) is 0 Å². The molecule has 3 rings (SSSR count). The molecule has 0 unspecified atom stereocenters. The second kappa shape index (κ2) is 6.73. The summed E-state index contributed by atoms with van der Waals surface area (Å²) < 4.78 is 20.8. The van der Waals surface area contributed by atoms with Gasteiger partial charge in [0, 0.05) is 17.7 Å². The number of alkyl halides is 1. The molecule has 6 heteroatoms. The SMILES string of the molecule is Fc1ccc(N=c2scc(CCl)n2C[C@@H]2CCCO2)cc1. The Balaban J connectivity index is 1.93. The van der Waals surface area contributed by atoms with Gasteiger partial charge in [0.15, 0.2) is 4.80 Å². The molecule has 1 fully saturated rings. The summed E-state index contributed by atoms with van der Waals surface area (Å²) in [6.07, 6.45) is 2.41. The lowest BCUT2D eigenvalue weighted by Gasteiger charge is -2.12. The third-order valence-electron chi connectivity index (χ3n) is 3.48. The summed E-state index contributed by atoms with van der Waals surface area (Å²) in [4.78, 5) is 5.46. The fourth-order valence-electron chi connectivity index (χ4n) is 2.37. The summed E-state index contributed by atoms with van der Waals surface area (Å²) in [5.41, 5.74) is 1.78. The lowest BCUT2D eigenvalue weighted by atomic mass is 10.2. The number of ether oxygens (including phenoxy) is 1. The molecule has 1 aromatic carbocycles. The summed E-state index contributed by atoms with van der Waals surface area (Å²) in [5, 5.41) is 2.02. The normalized spacial score (nSPS) is 19.3. The van der Waals surface area contributed by atoms with Crippen LogP contribution in [0.1, 0.15) is 18.5 Å². The second-order valence-corrected chi connectivity index (χ2v) is 6.08. The zero-order chi connectivity index (χ0) is 14.7. The van der Waals surface area contributed by atoms with Crippen molar-refractivity contribution in [3.63, 3.8) is 0 Å². The van der Waals surface area contributed by atoms with Crippen LogP contribution in [-0.4, -0.2) is 17.3 Å². The molecule has 0 radical (unpaired) electrons. The minimum atomic E-state index is -0.256. The van der Waals surface area contributed by atoms with Gasteiger partial charge in [0.1, 0.15) is 5.82 Å². The molecule has 0 saturated carbocycles. The zero-order valence-corrected chi connectivity index (χ0v) is 13.0. The van der Waals surface area contributed by atoms with Crippen molar-refractivity contribution in [1.82, 2.24) is 4.57 Å². The van der Waals surface area contributed by atoms with Gasteiger partial charge < -0.3 is 9.30 Å². The van der Waals surface area contributed by atoms with Gasteiger partial charge >= 0.3 is 0 Å². The molecule has 3 nitrogen and oxygen atoms in total. The molecule has 2 aromatic rings. The van der Waals surface area contributed by atoms with Crippen LogP contribution < -0.4 is 4.80 Å². The molecule has 1 aliphatic rings. The van der Waals surface area contributed by atoms with E-state index in [0.29, 0.717) is 5.88 Å². The van der Waals surface area contributed by atoms with Crippen LogP contribution in [0.15, 0.2) is 34.6 Å². The number of thiazole rings is 1. The molecule has 1 aliphatic heterocycles. The number of aromatic nitrogens is 1. The first kappa shape index (κ1) is 14.8. The second-order valence-electron chi connectivity index (χ2n) is 4.98. The van der Waals surface area contributed by atoms with E-state index in [1.807, 2.05) is 5.38 Å². The summed E-state index contributed by atoms with van der Waals surface area (Å²) in [7, 11) is 0. The molecule has 21 heavy (non-hydrogen) atoms. The smallest absolute Gasteiger partial charge is 0.190 e. The highest BCUT2D eigenvalue weighted by Crippen LogP contribution is 2.17. The van der Waals surface area contributed by atoms with Crippen LogP contribution in [-0.2, 0) is 17.2 Å². The lowest BCUT2D eigenvalue weighted by molar-refractivity contribution is 0.0959. The first-order valence-corrected chi connectivity index (χ1v) is 8.33. The van der Waals surface area contributed by atoms with Crippen LogP contribution in [0, 0.1) is 5.82 Å². The Hall–Kier alpha value is -1.17. The molecule has 1 saturated heterocycles. The molecule has 112 valence electrons. The van der Waals surface area contributed by atoms with E-state index in [-0.39, 0.29) is 11.9 Å². The standard InChI is InChI=1S/C15H16ClFN2OS/c16-8-13-10-21-15(18-12-5-3-11(17)4-6-12)19(13)9-14-2-1-7-20-14/h3-6,10,14H,1-2,7-9H2/t14-/m0/s1. The number of hydrogen-bond donors (Lipinski definition) is 0. The number of nitrogens with zero attached hydrogens (tertiary/aromatic N) is 2. The van der Waals surface area contributed by atoms with Crippen molar-refractivity contribution < 1.29 is 9.13 Å². The molecule has 1 atom stereocenters. The number of rotatable bonds is 4. The van der Waals surface area contributed by atoms with E-state index in [0.717, 1.165) is 42.2 Å². The molecule has 2 heterocycles. The van der Waals surface area contributed by atoms with Crippen molar-refractivity contribution in [3.05, 3.63) is 46.0 Å². The predicted octanol–water partition coefficient (Wildman–Crippen LogP) is 3.84. The largest absolute Gasteiger partial charge is 0.376 e. The average molecular weight is 327 g/mol. The monoisotopic (exact) mass is 326 g/mol. The molecule has 0 amide bonds. The van der Waals surface area contributed by atoms with Crippen molar-refractivity contribution in [2.45, 2.75) is 31.4 Å². The third-order valence-corrected chi connectivity index (χ3v) is 4.66. The highest BCUT2D eigenvalue weighted by molar-refractivity contribution is 7.07. The lowest BCUT2D eigenvalue weighted by Crippen LogP contribution is -2.24. The van der Waals surface area contributed by atoms with Gasteiger partial charge in [-0.1, -0.05) is 0 Å². The van der Waals surface area contributed by atoms with Gasteiger partial charge in [-0.05, 0) is 37.1 Å². The minimum Gasteiger partial charge on any atom is -0.376 e. The quantitative estimate of drug-likeness (QED) is 0.784. The van der Waals surface area contributed by atoms with E-state index in [2.05, 4.69) is 9.56 Å². The van der Waals surface area contributed by atoms with Gasteiger partial charge in [0.2, 0.25) is 0 Å². The first-order valence-electron chi connectivity index (χ1n) is 6.91. The highest BCUT2D eigenvalue weighted by atomic mass is 35.5. The van der Waals surface area contributed by atoms with E-state index in [9.17, 15) is 4.39 Å². The van der Waals surface area contributed by atoms with Crippen LogP contribution in [0.3, 0.4) is 0 Å². The number of halogens is 2. The van der Waals surface area contributed by atoms with Crippen LogP contribution in [0.5, 0.6) is 0 Å². The molecule has 1 aromatic heterocycles. The van der Waals surface area contributed by atoms with Crippen molar-refractivity contribution in [3.8, 4) is 0 Å². The summed E-state index contributed by atoms with van der Waals surface area (Å²) >= 11 is 7.55. The van der Waals surface area contributed by atoms with Crippen molar-refractivity contribution in [2.75, 3.05) is 6.61 Å². The van der Waals surface area contributed by atoms with E-state index < -0.39 is 0 Å². The molecule has 0 N–H and O–H groups in total. The minimum absolute atomic E-state index is 0.230. The van der Waals surface area contributed by atoms with E-state index >= 15 is 0 Å². The van der Waals surface area contributed by atoms with Crippen LogP contribution >= 0.6 is 22.9 Å². The molecular weight excluding hydrogens is 311 g/mol. The Morgan fingerprint density at radius 2 is 2.19 bits per heavy atom. The van der Waals surface area contributed by atoms with Crippen molar-refractivity contribution >= 4 is 28.6 Å². The van der Waals surface area contributed by atoms with Gasteiger partial charge in [0.25, 0.3) is 0 Å². The van der Waals surface area contributed by atoms with Gasteiger partial charge in [0.05, 0.1) is 24.2 Å².